The van der Waals surface area contributed by atoms with Gasteiger partial charge in [0, 0.05) is 16.9 Å². The lowest BCUT2D eigenvalue weighted by atomic mass is 10.2. The molecule has 0 saturated heterocycles. The van der Waals surface area contributed by atoms with Gasteiger partial charge in [0.05, 0.1) is 5.56 Å². The average molecular weight is 308 g/mol. The largest absolute Gasteiger partial charge is 0.336 e. The lowest BCUT2D eigenvalue weighted by Crippen LogP contribution is -2.00. The predicted molar refractivity (Wildman–Crippen MR) is 69.2 cm³/mol. The topological polar surface area (TPSA) is 48.4 Å². The van der Waals surface area contributed by atoms with Crippen molar-refractivity contribution in [2.75, 3.05) is 0 Å². The molecule has 0 spiro atoms. The second-order valence-corrected chi connectivity index (χ2v) is 4.42. The van der Waals surface area contributed by atoms with Crippen molar-refractivity contribution in [3.63, 3.8) is 0 Å². The molecule has 0 atom stereocenters. The van der Waals surface area contributed by atoms with Crippen molar-refractivity contribution in [3.05, 3.63) is 58.3 Å². The molecule has 1 heterocycles. The van der Waals surface area contributed by atoms with Crippen molar-refractivity contribution >= 4 is 22.2 Å². The van der Waals surface area contributed by atoms with E-state index in [2.05, 4.69) is 20.9 Å². The van der Waals surface area contributed by atoms with E-state index in [-0.39, 0.29) is 6.61 Å². The second-order valence-electron chi connectivity index (χ2n) is 3.50. The fraction of sp³-hybridized carbons (Fsp3) is 0.0769. The molecule has 0 amide bonds. The van der Waals surface area contributed by atoms with E-state index in [0.29, 0.717) is 11.3 Å². The Labute approximate surface area is 113 Å². The van der Waals surface area contributed by atoms with Crippen molar-refractivity contribution in [2.45, 2.75) is 6.61 Å². The van der Waals surface area contributed by atoms with Gasteiger partial charge in [-0.15, -0.1) is 0 Å². The van der Waals surface area contributed by atoms with Gasteiger partial charge in [0.1, 0.15) is 6.61 Å². The van der Waals surface area contributed by atoms with Gasteiger partial charge in [0.2, 0.25) is 0 Å². The molecule has 5 heteroatoms. The van der Waals surface area contributed by atoms with Crippen molar-refractivity contribution in [3.8, 4) is 5.75 Å². The Balaban J connectivity index is 1.96. The minimum absolute atomic E-state index is 0.289. The fourth-order valence-corrected chi connectivity index (χ4v) is 1.71. The van der Waals surface area contributed by atoms with Gasteiger partial charge in [-0.2, -0.15) is 4.89 Å². The maximum Gasteiger partial charge on any atom is 0.175 e. The standard InChI is InChI=1S/C13H10BrNO3/c14-12-1-2-13(11(7-12)8-16)18-17-9-10-3-5-15-6-4-10/h1-8H,9H2. The number of aromatic nitrogens is 1. The molecular weight excluding hydrogens is 298 g/mol. The SMILES string of the molecule is O=Cc1cc(Br)ccc1OOCc1ccncc1. The summed E-state index contributed by atoms with van der Waals surface area (Å²) in [5.74, 6) is 0.391. The molecule has 4 nitrogen and oxygen atoms in total. The Morgan fingerprint density at radius 1 is 1.22 bits per heavy atom. The van der Waals surface area contributed by atoms with Gasteiger partial charge in [-0.1, -0.05) is 15.9 Å². The summed E-state index contributed by atoms with van der Waals surface area (Å²) in [6.07, 6.45) is 4.07. The van der Waals surface area contributed by atoms with E-state index in [1.165, 1.54) is 0 Å². The summed E-state index contributed by atoms with van der Waals surface area (Å²) in [4.78, 5) is 24.9. The summed E-state index contributed by atoms with van der Waals surface area (Å²) in [5, 5.41) is 0. The molecule has 18 heavy (non-hydrogen) atoms. The van der Waals surface area contributed by atoms with Crippen LogP contribution < -0.4 is 4.89 Å². The Hall–Kier alpha value is -1.72. The number of pyridine rings is 1. The first-order valence-corrected chi connectivity index (χ1v) is 6.02. The van der Waals surface area contributed by atoms with E-state index in [9.17, 15) is 4.79 Å². The fourth-order valence-electron chi connectivity index (χ4n) is 1.33. The zero-order valence-electron chi connectivity index (χ0n) is 9.38. The van der Waals surface area contributed by atoms with Crippen LogP contribution in [0.3, 0.4) is 0 Å². The van der Waals surface area contributed by atoms with Gasteiger partial charge in [-0.3, -0.25) is 9.78 Å². The third-order valence-electron chi connectivity index (χ3n) is 2.22. The maximum atomic E-state index is 10.8. The van der Waals surface area contributed by atoms with Crippen LogP contribution in [-0.2, 0) is 11.5 Å². The molecule has 0 aliphatic carbocycles. The molecule has 2 aromatic rings. The normalized spacial score (nSPS) is 10.1. The molecule has 0 bridgehead atoms. The average Bonchev–Trinajstić information content (AvgIpc) is 2.41. The van der Waals surface area contributed by atoms with E-state index in [0.717, 1.165) is 16.3 Å². The molecule has 0 N–H and O–H groups in total. The van der Waals surface area contributed by atoms with Crippen molar-refractivity contribution in [1.82, 2.24) is 4.98 Å². The highest BCUT2D eigenvalue weighted by atomic mass is 79.9. The summed E-state index contributed by atoms with van der Waals surface area (Å²) < 4.78 is 0.811. The molecule has 0 radical (unpaired) electrons. The number of nitrogens with zero attached hydrogens (tertiary/aromatic N) is 1. The molecule has 2 rings (SSSR count). The van der Waals surface area contributed by atoms with E-state index in [1.54, 1.807) is 30.6 Å². The first-order chi connectivity index (χ1) is 8.79. The highest BCUT2D eigenvalue weighted by Crippen LogP contribution is 2.22. The van der Waals surface area contributed by atoms with Gasteiger partial charge < -0.3 is 4.89 Å². The summed E-state index contributed by atoms with van der Waals surface area (Å²) in [7, 11) is 0. The number of aldehydes is 1. The summed E-state index contributed by atoms with van der Waals surface area (Å²) in [5.41, 5.74) is 1.37. The summed E-state index contributed by atoms with van der Waals surface area (Å²) in [6, 6.07) is 8.76. The number of rotatable bonds is 5. The highest BCUT2D eigenvalue weighted by molar-refractivity contribution is 9.10. The van der Waals surface area contributed by atoms with Crippen LogP contribution in [0.25, 0.3) is 0 Å². The number of carbonyl (C=O) groups is 1. The Morgan fingerprint density at radius 2 is 2.00 bits per heavy atom. The Bertz CT molecular complexity index is 531. The van der Waals surface area contributed by atoms with E-state index in [1.807, 2.05) is 12.1 Å². The van der Waals surface area contributed by atoms with Crippen molar-refractivity contribution < 1.29 is 14.6 Å². The second kappa shape index (κ2) is 6.28. The maximum absolute atomic E-state index is 10.8. The van der Waals surface area contributed by atoms with Crippen LogP contribution in [0.2, 0.25) is 0 Å². The number of hydrogen-bond donors (Lipinski definition) is 0. The number of benzene rings is 1. The van der Waals surface area contributed by atoms with Crippen molar-refractivity contribution in [2.24, 2.45) is 0 Å². The Morgan fingerprint density at radius 3 is 2.72 bits per heavy atom. The van der Waals surface area contributed by atoms with Crippen LogP contribution in [0, 0.1) is 0 Å². The molecule has 0 aliphatic rings. The smallest absolute Gasteiger partial charge is 0.175 e. The van der Waals surface area contributed by atoms with Gasteiger partial charge in [-0.25, -0.2) is 0 Å². The van der Waals surface area contributed by atoms with Crippen LogP contribution in [-0.4, -0.2) is 11.3 Å². The third-order valence-corrected chi connectivity index (χ3v) is 2.72. The van der Waals surface area contributed by atoms with Crippen LogP contribution in [0.5, 0.6) is 5.75 Å². The highest BCUT2D eigenvalue weighted by Gasteiger charge is 2.05. The van der Waals surface area contributed by atoms with E-state index >= 15 is 0 Å². The Kier molecular flexibility index (Phi) is 4.44. The zero-order valence-corrected chi connectivity index (χ0v) is 11.0. The molecule has 92 valence electrons. The van der Waals surface area contributed by atoms with Gasteiger partial charge in [0.15, 0.2) is 12.0 Å². The van der Waals surface area contributed by atoms with Crippen LogP contribution >= 0.6 is 15.9 Å². The first-order valence-electron chi connectivity index (χ1n) is 5.22. The van der Waals surface area contributed by atoms with Gasteiger partial charge in [-0.05, 0) is 35.9 Å². The molecule has 1 aromatic heterocycles. The van der Waals surface area contributed by atoms with Crippen LogP contribution in [0.1, 0.15) is 15.9 Å². The summed E-state index contributed by atoms with van der Waals surface area (Å²) in [6.45, 7) is 0.289. The lowest BCUT2D eigenvalue weighted by molar-refractivity contribution is -0.217. The van der Waals surface area contributed by atoms with Crippen molar-refractivity contribution in [1.29, 1.82) is 0 Å². The molecular formula is C13H10BrNO3. The number of carbonyl (C=O) groups excluding carboxylic acids is 1. The minimum Gasteiger partial charge on any atom is -0.336 e. The molecule has 0 unspecified atom stereocenters. The van der Waals surface area contributed by atoms with Gasteiger partial charge >= 0.3 is 0 Å². The predicted octanol–water partition coefficient (Wildman–Crippen LogP) is 3.17. The third kappa shape index (κ3) is 3.38. The van der Waals surface area contributed by atoms with Crippen LogP contribution in [0.15, 0.2) is 47.2 Å². The monoisotopic (exact) mass is 307 g/mol. The minimum atomic E-state index is 0.289. The summed E-state index contributed by atoms with van der Waals surface area (Å²) >= 11 is 3.28. The van der Waals surface area contributed by atoms with E-state index in [4.69, 9.17) is 9.78 Å². The lowest BCUT2D eigenvalue weighted by Gasteiger charge is -2.07. The number of hydrogen-bond acceptors (Lipinski definition) is 4. The number of halogens is 1. The van der Waals surface area contributed by atoms with Crippen LogP contribution in [0.4, 0.5) is 0 Å². The molecule has 0 aliphatic heterocycles. The zero-order chi connectivity index (χ0) is 12.8. The first kappa shape index (κ1) is 12.7. The van der Waals surface area contributed by atoms with E-state index < -0.39 is 0 Å². The molecule has 0 fully saturated rings. The molecule has 1 aromatic carbocycles. The molecule has 0 saturated carbocycles. The van der Waals surface area contributed by atoms with Gasteiger partial charge in [0.25, 0.3) is 0 Å². The quantitative estimate of drug-likeness (QED) is 0.483.